The summed E-state index contributed by atoms with van der Waals surface area (Å²) in [5.41, 5.74) is 5.08. The average molecular weight is 496 g/mol. The van der Waals surface area contributed by atoms with Crippen molar-refractivity contribution in [1.82, 2.24) is 9.88 Å². The third-order valence-corrected chi connectivity index (χ3v) is 7.15. The van der Waals surface area contributed by atoms with Crippen LogP contribution in [0.1, 0.15) is 34.5 Å². The fraction of sp³-hybridized carbons (Fsp3) is 0.296. The molecule has 0 atom stereocenters. The molecule has 1 amide bonds. The van der Waals surface area contributed by atoms with Crippen LogP contribution >= 0.6 is 23.7 Å². The predicted octanol–water partition coefficient (Wildman–Crippen LogP) is 5.83. The molecule has 2 N–H and O–H groups in total. The number of carbonyl (C=O) groups is 1. The zero-order valence-corrected chi connectivity index (χ0v) is 20.9. The molecule has 0 spiro atoms. The van der Waals surface area contributed by atoms with Crippen molar-refractivity contribution >= 4 is 45.6 Å². The van der Waals surface area contributed by atoms with Crippen LogP contribution in [0.3, 0.4) is 0 Å². The van der Waals surface area contributed by atoms with Gasteiger partial charge >= 0.3 is 0 Å². The van der Waals surface area contributed by atoms with E-state index in [-0.39, 0.29) is 18.3 Å². The fourth-order valence-electron chi connectivity index (χ4n) is 4.40. The number of hydrogen-bond donors (Lipinski definition) is 2. The van der Waals surface area contributed by atoms with E-state index in [1.807, 2.05) is 41.3 Å². The molecule has 2 aromatic carbocycles. The van der Waals surface area contributed by atoms with E-state index in [0.717, 1.165) is 60.4 Å². The molecule has 5 nitrogen and oxygen atoms in total. The molecule has 34 heavy (non-hydrogen) atoms. The molecule has 1 saturated heterocycles. The van der Waals surface area contributed by atoms with Crippen LogP contribution in [-0.4, -0.2) is 29.7 Å². The molecule has 0 bridgehead atoms. The zero-order chi connectivity index (χ0) is 22.6. The second-order valence-electron chi connectivity index (χ2n) is 8.62. The largest absolute Gasteiger partial charge is 0.490 e. The quantitative estimate of drug-likeness (QED) is 0.339. The third kappa shape index (κ3) is 5.63. The molecule has 0 radical (unpaired) electrons. The van der Waals surface area contributed by atoms with Crippen LogP contribution < -0.4 is 15.4 Å². The number of carbonyl (C=O) groups excluding carboxylic acids is 1. The number of benzene rings is 2. The van der Waals surface area contributed by atoms with Crippen molar-refractivity contribution in [2.75, 3.05) is 18.4 Å². The van der Waals surface area contributed by atoms with E-state index in [0.29, 0.717) is 11.8 Å². The maximum absolute atomic E-state index is 12.8. The van der Waals surface area contributed by atoms with Crippen LogP contribution in [0.2, 0.25) is 0 Å². The number of anilines is 1. The van der Waals surface area contributed by atoms with Crippen molar-refractivity contribution in [3.05, 3.63) is 82.9 Å². The highest BCUT2D eigenvalue weighted by molar-refractivity contribution is 7.17. The minimum Gasteiger partial charge on any atom is -0.490 e. The number of fused-ring (bicyclic) bond motifs is 1. The molecule has 0 unspecified atom stereocenters. The Hall–Kier alpha value is -2.80. The van der Waals surface area contributed by atoms with E-state index in [1.54, 1.807) is 11.3 Å². The second-order valence-corrected chi connectivity index (χ2v) is 9.57. The van der Waals surface area contributed by atoms with E-state index < -0.39 is 0 Å². The lowest BCUT2D eigenvalue weighted by Gasteiger charge is -2.23. The number of piperidine rings is 1. The van der Waals surface area contributed by atoms with E-state index in [1.165, 1.54) is 11.1 Å². The first-order chi connectivity index (χ1) is 16.2. The van der Waals surface area contributed by atoms with Gasteiger partial charge in [0.2, 0.25) is 0 Å². The number of rotatable bonds is 7. The lowest BCUT2D eigenvalue weighted by molar-refractivity contribution is 0.101. The molecule has 3 heterocycles. The van der Waals surface area contributed by atoms with E-state index >= 15 is 0 Å². The number of nitrogens with zero attached hydrogens (tertiary/aromatic N) is 1. The molecule has 4 aromatic rings. The number of aryl methyl sites for hydroxylation is 3. The normalized spacial score (nSPS) is 14.0. The van der Waals surface area contributed by atoms with Crippen LogP contribution in [-0.2, 0) is 19.9 Å². The number of thiophene rings is 1. The van der Waals surface area contributed by atoms with Gasteiger partial charge in [0.05, 0.1) is 10.2 Å². The van der Waals surface area contributed by atoms with Crippen molar-refractivity contribution in [2.24, 2.45) is 7.05 Å². The monoisotopic (exact) mass is 495 g/mol. The number of amides is 1. The van der Waals surface area contributed by atoms with Crippen molar-refractivity contribution < 1.29 is 9.53 Å². The van der Waals surface area contributed by atoms with Gasteiger partial charge in [-0.2, -0.15) is 0 Å². The topological polar surface area (TPSA) is 55.3 Å². The van der Waals surface area contributed by atoms with Crippen molar-refractivity contribution in [3.8, 4) is 5.75 Å². The number of halogens is 1. The number of ether oxygens (including phenoxy) is 1. The summed E-state index contributed by atoms with van der Waals surface area (Å²) in [6.45, 7) is 2.07. The molecule has 1 aliphatic rings. The third-order valence-electron chi connectivity index (χ3n) is 6.30. The smallest absolute Gasteiger partial charge is 0.272 e. The van der Waals surface area contributed by atoms with Crippen LogP contribution in [0.5, 0.6) is 5.75 Å². The minimum absolute atomic E-state index is 0. The Morgan fingerprint density at radius 2 is 1.82 bits per heavy atom. The van der Waals surface area contributed by atoms with Gasteiger partial charge in [-0.3, -0.25) is 4.79 Å². The first-order valence-corrected chi connectivity index (χ1v) is 12.4. The van der Waals surface area contributed by atoms with Gasteiger partial charge in [0.1, 0.15) is 17.5 Å². The van der Waals surface area contributed by atoms with Crippen molar-refractivity contribution in [3.63, 3.8) is 0 Å². The molecule has 0 aliphatic carbocycles. The molecule has 1 aliphatic heterocycles. The summed E-state index contributed by atoms with van der Waals surface area (Å²) >= 11 is 1.65. The number of nitrogens with one attached hydrogen (secondary N) is 2. The van der Waals surface area contributed by atoms with E-state index in [4.69, 9.17) is 4.74 Å². The van der Waals surface area contributed by atoms with Crippen LogP contribution in [0.25, 0.3) is 10.2 Å². The second kappa shape index (κ2) is 11.1. The van der Waals surface area contributed by atoms with E-state index in [2.05, 4.69) is 47.0 Å². The Balaban J connectivity index is 0.00000274. The summed E-state index contributed by atoms with van der Waals surface area (Å²) in [6, 6.07) is 20.6. The van der Waals surface area contributed by atoms with Gasteiger partial charge in [0.25, 0.3) is 5.91 Å². The van der Waals surface area contributed by atoms with Crippen molar-refractivity contribution in [2.45, 2.75) is 31.8 Å². The van der Waals surface area contributed by atoms with Crippen LogP contribution in [0, 0.1) is 0 Å². The standard InChI is InChI=1S/C27H29N3O2S.ClH/c1-30-24-13-16-33-26(24)18-25(30)27(31)29-21-4-2-3-20(17-21)6-5-19-7-9-22(10-8-19)32-23-11-14-28-15-12-23;/h2-4,7-10,13,16-18,23,28H,5-6,11-12,14-15H2,1H3,(H,29,31);1H. The Labute approximate surface area is 210 Å². The summed E-state index contributed by atoms with van der Waals surface area (Å²) in [5, 5.41) is 8.47. The summed E-state index contributed by atoms with van der Waals surface area (Å²) in [5.74, 6) is 0.873. The minimum atomic E-state index is -0.0811. The Morgan fingerprint density at radius 3 is 2.59 bits per heavy atom. The summed E-state index contributed by atoms with van der Waals surface area (Å²) in [7, 11) is 1.93. The Kier molecular flexibility index (Phi) is 7.93. The average Bonchev–Trinajstić information content (AvgIpc) is 3.42. The fourth-order valence-corrected chi connectivity index (χ4v) is 5.25. The van der Waals surface area contributed by atoms with Crippen molar-refractivity contribution in [1.29, 1.82) is 0 Å². The van der Waals surface area contributed by atoms with Crippen LogP contribution in [0.15, 0.2) is 66.0 Å². The van der Waals surface area contributed by atoms with Gasteiger partial charge < -0.3 is 19.9 Å². The molecule has 1 fully saturated rings. The Morgan fingerprint density at radius 1 is 1.06 bits per heavy atom. The highest BCUT2D eigenvalue weighted by Crippen LogP contribution is 2.25. The maximum Gasteiger partial charge on any atom is 0.272 e. The summed E-state index contributed by atoms with van der Waals surface area (Å²) in [4.78, 5) is 12.8. The molecule has 0 saturated carbocycles. The van der Waals surface area contributed by atoms with Gasteiger partial charge in [-0.05, 0) is 91.7 Å². The summed E-state index contributed by atoms with van der Waals surface area (Å²) < 4.78 is 9.18. The molecule has 7 heteroatoms. The highest BCUT2D eigenvalue weighted by atomic mass is 35.5. The highest BCUT2D eigenvalue weighted by Gasteiger charge is 2.15. The SMILES string of the molecule is Cl.Cn1c(C(=O)Nc2cccc(CCc3ccc(OC4CCNCC4)cc3)c2)cc2sccc21. The molecule has 5 rings (SSSR count). The van der Waals surface area contributed by atoms with Gasteiger partial charge in [0, 0.05) is 12.7 Å². The van der Waals surface area contributed by atoms with Gasteiger partial charge in [0.15, 0.2) is 0 Å². The van der Waals surface area contributed by atoms with Crippen LogP contribution in [0.4, 0.5) is 5.69 Å². The molecular weight excluding hydrogens is 466 g/mol. The number of hydrogen-bond acceptors (Lipinski definition) is 4. The lowest BCUT2D eigenvalue weighted by atomic mass is 10.0. The first kappa shape index (κ1) is 24.3. The predicted molar refractivity (Wildman–Crippen MR) is 143 cm³/mol. The van der Waals surface area contributed by atoms with E-state index in [9.17, 15) is 4.79 Å². The molecular formula is C27H30ClN3O2S. The number of aromatic nitrogens is 1. The zero-order valence-electron chi connectivity index (χ0n) is 19.3. The first-order valence-electron chi connectivity index (χ1n) is 11.6. The maximum atomic E-state index is 12.8. The molecule has 178 valence electrons. The summed E-state index contributed by atoms with van der Waals surface area (Å²) in [6.07, 6.45) is 4.31. The van der Waals surface area contributed by atoms with Gasteiger partial charge in [-0.15, -0.1) is 23.7 Å². The Bertz CT molecular complexity index is 1240. The van der Waals surface area contributed by atoms with Gasteiger partial charge in [-0.1, -0.05) is 24.3 Å². The van der Waals surface area contributed by atoms with Gasteiger partial charge in [-0.25, -0.2) is 0 Å². The molecule has 2 aromatic heterocycles. The lowest BCUT2D eigenvalue weighted by Crippen LogP contribution is -2.34.